The first-order chi connectivity index (χ1) is 8.13. The third kappa shape index (κ3) is 2.63. The second-order valence-corrected chi connectivity index (χ2v) is 5.92. The Hall–Kier alpha value is -0.610. The van der Waals surface area contributed by atoms with Crippen molar-refractivity contribution in [3.63, 3.8) is 0 Å². The lowest BCUT2D eigenvalue weighted by atomic mass is 10.2. The van der Waals surface area contributed by atoms with E-state index < -0.39 is 0 Å². The zero-order valence-corrected chi connectivity index (χ0v) is 12.1. The second-order valence-electron chi connectivity index (χ2n) is 4.91. The van der Waals surface area contributed by atoms with Gasteiger partial charge in [0, 0.05) is 23.5 Å². The lowest BCUT2D eigenvalue weighted by Gasteiger charge is -2.19. The third-order valence-corrected chi connectivity index (χ3v) is 4.90. The van der Waals surface area contributed by atoms with E-state index in [9.17, 15) is 0 Å². The molecule has 2 rings (SSSR count). The van der Waals surface area contributed by atoms with Gasteiger partial charge in [-0.25, -0.2) is 4.98 Å². The summed E-state index contributed by atoms with van der Waals surface area (Å²) in [5.41, 5.74) is 1.19. The molecule has 2 atom stereocenters. The van der Waals surface area contributed by atoms with Crippen molar-refractivity contribution in [2.45, 2.75) is 52.6 Å². The van der Waals surface area contributed by atoms with Crippen molar-refractivity contribution in [2.24, 2.45) is 0 Å². The van der Waals surface area contributed by atoms with Gasteiger partial charge in [-0.2, -0.15) is 0 Å². The van der Waals surface area contributed by atoms with Crippen LogP contribution in [0, 0.1) is 6.92 Å². The van der Waals surface area contributed by atoms with Gasteiger partial charge in [-0.3, -0.25) is 0 Å². The largest absolute Gasteiger partial charge is 0.345 e. The van der Waals surface area contributed by atoms with E-state index >= 15 is 0 Å². The molecule has 0 aromatic carbocycles. The Morgan fingerprint density at radius 2 is 2.35 bits per heavy atom. The topological polar surface area (TPSA) is 28.2 Å². The first kappa shape index (κ1) is 12.8. The van der Waals surface area contributed by atoms with Crippen LogP contribution in [0.15, 0.2) is 0 Å². The molecule has 17 heavy (non-hydrogen) atoms. The van der Waals surface area contributed by atoms with Crippen molar-refractivity contribution >= 4 is 16.5 Å². The Morgan fingerprint density at radius 3 is 2.94 bits per heavy atom. The van der Waals surface area contributed by atoms with Gasteiger partial charge in [0.1, 0.15) is 0 Å². The number of hydrogen-bond donors (Lipinski definition) is 1. The highest BCUT2D eigenvalue weighted by atomic mass is 32.1. The van der Waals surface area contributed by atoms with Gasteiger partial charge in [-0.05, 0) is 40.2 Å². The van der Waals surface area contributed by atoms with Gasteiger partial charge in [0.15, 0.2) is 5.13 Å². The van der Waals surface area contributed by atoms with E-state index in [1.165, 1.54) is 35.1 Å². The minimum atomic E-state index is 0.421. The van der Waals surface area contributed by atoms with Gasteiger partial charge in [-0.15, -0.1) is 11.3 Å². The summed E-state index contributed by atoms with van der Waals surface area (Å²) in [5.74, 6) is 0. The molecule has 0 amide bonds. The maximum Gasteiger partial charge on any atom is 0.186 e. The van der Waals surface area contributed by atoms with Gasteiger partial charge in [0.05, 0.1) is 5.69 Å². The van der Waals surface area contributed by atoms with Crippen LogP contribution in [-0.2, 0) is 0 Å². The highest BCUT2D eigenvalue weighted by Gasteiger charge is 2.24. The molecular formula is C13H23N3S. The first-order valence-electron chi connectivity index (χ1n) is 6.60. The number of nitrogens with zero attached hydrogens (tertiary/aromatic N) is 2. The summed E-state index contributed by atoms with van der Waals surface area (Å²) in [6.07, 6.45) is 2.61. The Balaban J connectivity index is 2.18. The van der Waals surface area contributed by atoms with Crippen LogP contribution in [0.5, 0.6) is 0 Å². The maximum absolute atomic E-state index is 4.75. The summed E-state index contributed by atoms with van der Waals surface area (Å²) in [7, 11) is 0. The fourth-order valence-electron chi connectivity index (χ4n) is 2.53. The maximum atomic E-state index is 4.75. The van der Waals surface area contributed by atoms with E-state index in [2.05, 4.69) is 37.9 Å². The van der Waals surface area contributed by atoms with Crippen molar-refractivity contribution in [1.29, 1.82) is 0 Å². The Kier molecular flexibility index (Phi) is 4.05. The van der Waals surface area contributed by atoms with Crippen LogP contribution in [0.2, 0.25) is 0 Å². The molecule has 0 aliphatic carbocycles. The molecule has 96 valence electrons. The molecule has 0 saturated carbocycles. The van der Waals surface area contributed by atoms with Gasteiger partial charge >= 0.3 is 0 Å². The van der Waals surface area contributed by atoms with Gasteiger partial charge < -0.3 is 10.2 Å². The zero-order valence-electron chi connectivity index (χ0n) is 11.3. The van der Waals surface area contributed by atoms with E-state index in [0.29, 0.717) is 12.1 Å². The standard InChI is InChI=1S/C13H23N3S/c1-5-14-10(3)12-11(4)15-13(17-12)16-8-6-7-9(16)2/h9-10,14H,5-8H2,1-4H3. The third-order valence-electron chi connectivity index (χ3n) is 3.52. The predicted molar refractivity (Wildman–Crippen MR) is 75.0 cm³/mol. The number of rotatable bonds is 4. The number of hydrogen-bond acceptors (Lipinski definition) is 4. The van der Waals surface area contributed by atoms with Gasteiger partial charge in [-0.1, -0.05) is 6.92 Å². The lowest BCUT2D eigenvalue weighted by Crippen LogP contribution is -2.25. The number of thiazole rings is 1. The quantitative estimate of drug-likeness (QED) is 0.893. The molecule has 1 aliphatic heterocycles. The van der Waals surface area contributed by atoms with Crippen molar-refractivity contribution in [2.75, 3.05) is 18.0 Å². The Bertz CT molecular complexity index is 375. The summed E-state index contributed by atoms with van der Waals surface area (Å²) in [5, 5.41) is 4.68. The normalized spacial score (nSPS) is 22.1. The number of aromatic nitrogens is 1. The zero-order chi connectivity index (χ0) is 12.4. The number of anilines is 1. The van der Waals surface area contributed by atoms with Crippen molar-refractivity contribution in [1.82, 2.24) is 10.3 Å². The summed E-state index contributed by atoms with van der Waals surface area (Å²) in [6.45, 7) is 11.0. The second kappa shape index (κ2) is 5.36. The fraction of sp³-hybridized carbons (Fsp3) is 0.769. The average molecular weight is 253 g/mol. The summed E-state index contributed by atoms with van der Waals surface area (Å²) >= 11 is 1.86. The SMILES string of the molecule is CCNC(C)c1sc(N2CCCC2C)nc1C. The van der Waals surface area contributed by atoms with E-state index in [-0.39, 0.29) is 0 Å². The molecular weight excluding hydrogens is 230 g/mol. The van der Waals surface area contributed by atoms with Crippen LogP contribution in [0.25, 0.3) is 0 Å². The van der Waals surface area contributed by atoms with E-state index in [1.54, 1.807) is 0 Å². The molecule has 1 N–H and O–H groups in total. The number of nitrogens with one attached hydrogen (secondary N) is 1. The highest BCUT2D eigenvalue weighted by Crippen LogP contribution is 2.34. The minimum Gasteiger partial charge on any atom is -0.345 e. The van der Waals surface area contributed by atoms with Crippen LogP contribution < -0.4 is 10.2 Å². The average Bonchev–Trinajstić information content (AvgIpc) is 2.84. The molecule has 3 nitrogen and oxygen atoms in total. The summed E-state index contributed by atoms with van der Waals surface area (Å²) in [6, 6.07) is 1.08. The minimum absolute atomic E-state index is 0.421. The molecule has 0 radical (unpaired) electrons. The molecule has 1 aromatic heterocycles. The van der Waals surface area contributed by atoms with Gasteiger partial charge in [0.2, 0.25) is 0 Å². The van der Waals surface area contributed by atoms with Crippen LogP contribution in [-0.4, -0.2) is 24.1 Å². The van der Waals surface area contributed by atoms with Crippen LogP contribution in [0.1, 0.15) is 50.2 Å². The smallest absolute Gasteiger partial charge is 0.186 e. The predicted octanol–water partition coefficient (Wildman–Crippen LogP) is 3.11. The Labute approximate surface area is 108 Å². The van der Waals surface area contributed by atoms with Gasteiger partial charge in [0.25, 0.3) is 0 Å². The highest BCUT2D eigenvalue weighted by molar-refractivity contribution is 7.15. The van der Waals surface area contributed by atoms with Crippen molar-refractivity contribution < 1.29 is 0 Å². The Morgan fingerprint density at radius 1 is 1.59 bits per heavy atom. The molecule has 0 bridgehead atoms. The lowest BCUT2D eigenvalue weighted by molar-refractivity contribution is 0.603. The van der Waals surface area contributed by atoms with E-state index in [0.717, 1.165) is 6.54 Å². The molecule has 2 heterocycles. The fourth-order valence-corrected chi connectivity index (χ4v) is 3.76. The molecule has 0 spiro atoms. The van der Waals surface area contributed by atoms with E-state index in [4.69, 9.17) is 4.98 Å². The molecule has 1 aromatic rings. The molecule has 2 unspecified atom stereocenters. The molecule has 1 fully saturated rings. The first-order valence-corrected chi connectivity index (χ1v) is 7.42. The summed E-state index contributed by atoms with van der Waals surface area (Å²) < 4.78 is 0. The van der Waals surface area contributed by atoms with Crippen molar-refractivity contribution in [3.05, 3.63) is 10.6 Å². The van der Waals surface area contributed by atoms with Crippen molar-refractivity contribution in [3.8, 4) is 0 Å². The monoisotopic (exact) mass is 253 g/mol. The van der Waals surface area contributed by atoms with E-state index in [1.807, 2.05) is 11.3 Å². The van der Waals surface area contributed by atoms with Crippen LogP contribution in [0.3, 0.4) is 0 Å². The number of aryl methyl sites for hydroxylation is 1. The van der Waals surface area contributed by atoms with Crippen LogP contribution >= 0.6 is 11.3 Å². The summed E-state index contributed by atoms with van der Waals surface area (Å²) in [4.78, 5) is 8.60. The molecule has 4 heteroatoms. The molecule has 1 saturated heterocycles. The van der Waals surface area contributed by atoms with Crippen LogP contribution in [0.4, 0.5) is 5.13 Å². The molecule has 1 aliphatic rings.